The molecular weight excluding hydrogens is 180 g/mol. The monoisotopic (exact) mass is 194 g/mol. The Hall–Kier alpha value is -1.45. The van der Waals surface area contributed by atoms with Crippen LogP contribution in [-0.2, 0) is 0 Å². The van der Waals surface area contributed by atoms with Crippen LogP contribution in [0.3, 0.4) is 0 Å². The number of pyridine rings is 1. The molecule has 1 heterocycles. The van der Waals surface area contributed by atoms with Crippen molar-refractivity contribution in [2.75, 3.05) is 19.5 Å². The summed E-state index contributed by atoms with van der Waals surface area (Å²) in [6, 6.07) is 1.80. The average molecular weight is 194 g/mol. The summed E-state index contributed by atoms with van der Waals surface area (Å²) >= 11 is 0. The molecule has 1 aromatic rings. The van der Waals surface area contributed by atoms with Gasteiger partial charge in [0.15, 0.2) is 11.6 Å². The van der Waals surface area contributed by atoms with Gasteiger partial charge in [-0.05, 0) is 12.8 Å². The van der Waals surface area contributed by atoms with E-state index in [2.05, 4.69) is 10.3 Å². The molecule has 0 spiro atoms. The highest BCUT2D eigenvalue weighted by atomic mass is 16.5. The summed E-state index contributed by atoms with van der Waals surface area (Å²) in [7, 11) is 3.45. The number of rotatable bonds is 4. The molecule has 0 bridgehead atoms. The lowest BCUT2D eigenvalue weighted by Gasteiger charge is -2.12. The molecule has 4 heteroatoms. The molecule has 0 aromatic carbocycles. The predicted molar refractivity (Wildman–Crippen MR) is 54.0 cm³/mol. The van der Waals surface area contributed by atoms with Crippen LogP contribution < -0.4 is 14.8 Å². The van der Waals surface area contributed by atoms with Crippen molar-refractivity contribution in [2.45, 2.75) is 18.9 Å². The van der Waals surface area contributed by atoms with Crippen molar-refractivity contribution in [3.05, 3.63) is 12.3 Å². The number of aromatic nitrogens is 1. The van der Waals surface area contributed by atoms with Gasteiger partial charge < -0.3 is 14.8 Å². The Labute approximate surface area is 83.2 Å². The standard InChI is InChI=1S/C10H14N2O2/c1-11-10-9(14-7-3-4-7)8(13-2)5-6-12-10/h5-7H,3-4H2,1-2H3,(H,11,12). The number of nitrogens with one attached hydrogen (secondary N) is 1. The van der Waals surface area contributed by atoms with Gasteiger partial charge in [0.1, 0.15) is 0 Å². The molecule has 2 rings (SSSR count). The molecular formula is C10H14N2O2. The molecule has 0 unspecified atom stereocenters. The third-order valence-corrected chi connectivity index (χ3v) is 2.13. The van der Waals surface area contributed by atoms with Crippen molar-refractivity contribution in [3.63, 3.8) is 0 Å². The summed E-state index contributed by atoms with van der Waals surface area (Å²) in [6.07, 6.45) is 4.30. The van der Waals surface area contributed by atoms with Crippen molar-refractivity contribution < 1.29 is 9.47 Å². The van der Waals surface area contributed by atoms with Gasteiger partial charge in [0.25, 0.3) is 0 Å². The first kappa shape index (κ1) is 9.12. The maximum absolute atomic E-state index is 5.72. The fourth-order valence-electron chi connectivity index (χ4n) is 1.24. The smallest absolute Gasteiger partial charge is 0.204 e. The van der Waals surface area contributed by atoms with Gasteiger partial charge >= 0.3 is 0 Å². The summed E-state index contributed by atoms with van der Waals surface area (Å²) in [4.78, 5) is 4.17. The van der Waals surface area contributed by atoms with Crippen LogP contribution in [0.5, 0.6) is 11.5 Å². The molecule has 1 aromatic heterocycles. The van der Waals surface area contributed by atoms with E-state index in [-0.39, 0.29) is 0 Å². The Morgan fingerprint density at radius 2 is 2.29 bits per heavy atom. The first-order valence-corrected chi connectivity index (χ1v) is 4.72. The molecule has 0 aliphatic heterocycles. The first-order valence-electron chi connectivity index (χ1n) is 4.72. The van der Waals surface area contributed by atoms with Crippen molar-refractivity contribution in [3.8, 4) is 11.5 Å². The van der Waals surface area contributed by atoms with Gasteiger partial charge in [0.2, 0.25) is 5.75 Å². The SMILES string of the molecule is CNc1nccc(OC)c1OC1CC1. The highest BCUT2D eigenvalue weighted by molar-refractivity contribution is 5.57. The van der Waals surface area contributed by atoms with Gasteiger partial charge in [-0.1, -0.05) is 0 Å². The summed E-state index contributed by atoms with van der Waals surface area (Å²) in [5.41, 5.74) is 0. The molecule has 1 aliphatic carbocycles. The summed E-state index contributed by atoms with van der Waals surface area (Å²) in [6.45, 7) is 0. The minimum atomic E-state index is 0.347. The fourth-order valence-corrected chi connectivity index (χ4v) is 1.24. The lowest BCUT2D eigenvalue weighted by molar-refractivity contribution is 0.282. The minimum Gasteiger partial charge on any atom is -0.493 e. The van der Waals surface area contributed by atoms with Crippen LogP contribution in [0.1, 0.15) is 12.8 Å². The largest absolute Gasteiger partial charge is 0.493 e. The molecule has 76 valence electrons. The van der Waals surface area contributed by atoms with Gasteiger partial charge in [-0.25, -0.2) is 4.98 Å². The number of anilines is 1. The van der Waals surface area contributed by atoms with Crippen LogP contribution in [0.15, 0.2) is 12.3 Å². The quantitative estimate of drug-likeness (QED) is 0.791. The third kappa shape index (κ3) is 1.73. The minimum absolute atomic E-state index is 0.347. The van der Waals surface area contributed by atoms with Crippen molar-refractivity contribution in [1.82, 2.24) is 4.98 Å². The molecule has 0 amide bonds. The molecule has 1 saturated carbocycles. The number of ether oxygens (including phenoxy) is 2. The topological polar surface area (TPSA) is 43.4 Å². The van der Waals surface area contributed by atoms with Gasteiger partial charge in [0.05, 0.1) is 13.2 Å². The molecule has 1 N–H and O–H groups in total. The Bertz CT molecular complexity index is 302. The van der Waals surface area contributed by atoms with Gasteiger partial charge in [-0.3, -0.25) is 0 Å². The van der Waals surface area contributed by atoms with Crippen molar-refractivity contribution >= 4 is 5.82 Å². The predicted octanol–water partition coefficient (Wildman–Crippen LogP) is 1.67. The zero-order valence-corrected chi connectivity index (χ0v) is 8.41. The molecule has 0 radical (unpaired) electrons. The van der Waals surface area contributed by atoms with E-state index in [9.17, 15) is 0 Å². The number of hydrogen-bond acceptors (Lipinski definition) is 4. The molecule has 0 atom stereocenters. The number of hydrogen-bond donors (Lipinski definition) is 1. The third-order valence-electron chi connectivity index (χ3n) is 2.13. The molecule has 1 aliphatic rings. The molecule has 14 heavy (non-hydrogen) atoms. The van der Waals surface area contributed by atoms with Crippen LogP contribution >= 0.6 is 0 Å². The molecule has 4 nitrogen and oxygen atoms in total. The van der Waals surface area contributed by atoms with Crippen LogP contribution in [-0.4, -0.2) is 25.2 Å². The first-order chi connectivity index (χ1) is 6.85. The van der Waals surface area contributed by atoms with Crippen LogP contribution in [0, 0.1) is 0 Å². The summed E-state index contributed by atoms with van der Waals surface area (Å²) in [5, 5.41) is 2.99. The van der Waals surface area contributed by atoms with E-state index in [1.165, 1.54) is 0 Å². The van der Waals surface area contributed by atoms with E-state index in [0.717, 1.165) is 30.2 Å². The lowest BCUT2D eigenvalue weighted by Crippen LogP contribution is -2.03. The molecule has 0 saturated heterocycles. The second-order valence-corrected chi connectivity index (χ2v) is 3.26. The highest BCUT2D eigenvalue weighted by Gasteiger charge is 2.26. The average Bonchev–Trinajstić information content (AvgIpc) is 3.02. The van der Waals surface area contributed by atoms with E-state index in [1.54, 1.807) is 19.4 Å². The zero-order chi connectivity index (χ0) is 9.97. The number of nitrogens with zero attached hydrogens (tertiary/aromatic N) is 1. The summed E-state index contributed by atoms with van der Waals surface area (Å²) < 4.78 is 10.9. The van der Waals surface area contributed by atoms with Crippen molar-refractivity contribution in [1.29, 1.82) is 0 Å². The van der Waals surface area contributed by atoms with E-state index >= 15 is 0 Å². The Balaban J connectivity index is 2.29. The summed E-state index contributed by atoms with van der Waals surface area (Å²) in [5.74, 6) is 2.19. The maximum atomic E-state index is 5.72. The molecule has 1 fully saturated rings. The highest BCUT2D eigenvalue weighted by Crippen LogP contribution is 2.37. The van der Waals surface area contributed by atoms with E-state index in [4.69, 9.17) is 9.47 Å². The van der Waals surface area contributed by atoms with Crippen LogP contribution in [0.2, 0.25) is 0 Å². The maximum Gasteiger partial charge on any atom is 0.204 e. The van der Waals surface area contributed by atoms with E-state index in [0.29, 0.717) is 6.10 Å². The van der Waals surface area contributed by atoms with Gasteiger partial charge in [-0.15, -0.1) is 0 Å². The zero-order valence-electron chi connectivity index (χ0n) is 8.41. The lowest BCUT2D eigenvalue weighted by atomic mass is 10.4. The fraction of sp³-hybridized carbons (Fsp3) is 0.500. The second kappa shape index (κ2) is 3.74. The Morgan fingerprint density at radius 1 is 1.50 bits per heavy atom. The van der Waals surface area contributed by atoms with Crippen LogP contribution in [0.25, 0.3) is 0 Å². The van der Waals surface area contributed by atoms with E-state index < -0.39 is 0 Å². The van der Waals surface area contributed by atoms with Crippen molar-refractivity contribution in [2.24, 2.45) is 0 Å². The normalized spacial score (nSPS) is 15.0. The van der Waals surface area contributed by atoms with Gasteiger partial charge in [-0.2, -0.15) is 0 Å². The van der Waals surface area contributed by atoms with Crippen LogP contribution in [0.4, 0.5) is 5.82 Å². The second-order valence-electron chi connectivity index (χ2n) is 3.26. The Kier molecular flexibility index (Phi) is 2.43. The van der Waals surface area contributed by atoms with Gasteiger partial charge in [0, 0.05) is 19.3 Å². The number of methoxy groups -OCH3 is 1. The van der Waals surface area contributed by atoms with E-state index in [1.807, 2.05) is 7.05 Å². The Morgan fingerprint density at radius 3 is 2.86 bits per heavy atom.